The summed E-state index contributed by atoms with van der Waals surface area (Å²) < 4.78 is 18.7. The van der Waals surface area contributed by atoms with Crippen LogP contribution >= 0.6 is 15.9 Å². The van der Waals surface area contributed by atoms with Gasteiger partial charge < -0.3 is 15.8 Å². The quantitative estimate of drug-likeness (QED) is 0.494. The molecule has 1 aromatic carbocycles. The smallest absolute Gasteiger partial charge is 0.188 e. The molecule has 1 rings (SSSR count). The Morgan fingerprint density at radius 3 is 3.06 bits per heavy atom. The van der Waals surface area contributed by atoms with Crippen LogP contribution in [0.3, 0.4) is 0 Å². The maximum Gasteiger partial charge on any atom is 0.188 e. The molecule has 0 aromatic heterocycles. The minimum Gasteiger partial charge on any atom is -0.383 e. The zero-order valence-electron chi connectivity index (χ0n) is 9.54. The second kappa shape index (κ2) is 7.24. The summed E-state index contributed by atoms with van der Waals surface area (Å²) in [4.78, 5) is 4.10. The van der Waals surface area contributed by atoms with Crippen molar-refractivity contribution in [1.82, 2.24) is 5.32 Å². The van der Waals surface area contributed by atoms with Gasteiger partial charge >= 0.3 is 0 Å². The highest BCUT2D eigenvalue weighted by Gasteiger charge is 2.01. The molecule has 0 bridgehead atoms. The minimum atomic E-state index is -0.288. The van der Waals surface area contributed by atoms with E-state index in [2.05, 4.69) is 26.2 Å². The zero-order valence-corrected chi connectivity index (χ0v) is 11.1. The third-order valence-electron chi connectivity index (χ3n) is 2.04. The Hall–Kier alpha value is -1.14. The molecule has 1 aromatic rings. The van der Waals surface area contributed by atoms with Gasteiger partial charge in [0.25, 0.3) is 0 Å². The van der Waals surface area contributed by atoms with Gasteiger partial charge in [-0.1, -0.05) is 15.9 Å². The number of guanidine groups is 1. The molecule has 0 heterocycles. The van der Waals surface area contributed by atoms with Crippen molar-refractivity contribution in [3.63, 3.8) is 0 Å². The summed E-state index contributed by atoms with van der Waals surface area (Å²) in [6.45, 7) is 1.47. The van der Waals surface area contributed by atoms with Gasteiger partial charge in [-0.25, -0.2) is 9.38 Å². The Labute approximate surface area is 108 Å². The van der Waals surface area contributed by atoms with Crippen molar-refractivity contribution in [3.05, 3.63) is 34.1 Å². The molecule has 94 valence electrons. The molecule has 0 radical (unpaired) electrons. The molecule has 0 aliphatic carbocycles. The van der Waals surface area contributed by atoms with E-state index in [1.54, 1.807) is 13.2 Å². The molecule has 0 spiro atoms. The minimum absolute atomic E-state index is 0.288. The average molecular weight is 304 g/mol. The first kappa shape index (κ1) is 13.9. The molecule has 17 heavy (non-hydrogen) atoms. The fourth-order valence-electron chi connectivity index (χ4n) is 1.17. The van der Waals surface area contributed by atoms with Gasteiger partial charge in [0.15, 0.2) is 5.96 Å². The van der Waals surface area contributed by atoms with Crippen molar-refractivity contribution in [2.45, 2.75) is 6.54 Å². The van der Waals surface area contributed by atoms with Crippen LogP contribution in [0.15, 0.2) is 27.7 Å². The van der Waals surface area contributed by atoms with Crippen LogP contribution in [0.5, 0.6) is 0 Å². The van der Waals surface area contributed by atoms with Crippen molar-refractivity contribution in [2.24, 2.45) is 10.7 Å². The Kier molecular flexibility index (Phi) is 5.93. The standard InChI is InChI=1S/C11H15BrFN3O/c1-17-5-4-15-11(14)16-7-8-6-9(13)2-3-10(8)12/h2-3,6H,4-5,7H2,1H3,(H3,14,15,16). The number of halogens is 2. The molecule has 0 saturated heterocycles. The molecule has 3 N–H and O–H groups in total. The lowest BCUT2D eigenvalue weighted by molar-refractivity contribution is 0.204. The number of benzene rings is 1. The van der Waals surface area contributed by atoms with E-state index in [9.17, 15) is 4.39 Å². The normalized spacial score (nSPS) is 11.6. The Morgan fingerprint density at radius 1 is 1.59 bits per heavy atom. The van der Waals surface area contributed by atoms with Crippen molar-refractivity contribution >= 4 is 21.9 Å². The molecular weight excluding hydrogens is 289 g/mol. The molecule has 0 aliphatic rings. The van der Waals surface area contributed by atoms with E-state index in [1.807, 2.05) is 0 Å². The van der Waals surface area contributed by atoms with Crippen LogP contribution < -0.4 is 11.1 Å². The van der Waals surface area contributed by atoms with Gasteiger partial charge in [-0.05, 0) is 23.8 Å². The molecule has 0 atom stereocenters. The lowest BCUT2D eigenvalue weighted by Crippen LogP contribution is -2.34. The summed E-state index contributed by atoms with van der Waals surface area (Å²) in [6.07, 6.45) is 0. The second-order valence-corrected chi connectivity index (χ2v) is 4.21. The third kappa shape index (κ3) is 5.14. The number of nitrogens with zero attached hydrogens (tertiary/aromatic N) is 1. The van der Waals surface area contributed by atoms with E-state index in [0.717, 1.165) is 10.0 Å². The number of nitrogens with one attached hydrogen (secondary N) is 1. The average Bonchev–Trinajstić information content (AvgIpc) is 2.31. The van der Waals surface area contributed by atoms with E-state index in [4.69, 9.17) is 10.5 Å². The third-order valence-corrected chi connectivity index (χ3v) is 2.81. The fourth-order valence-corrected chi connectivity index (χ4v) is 1.54. The van der Waals surface area contributed by atoms with Gasteiger partial charge in [0, 0.05) is 18.1 Å². The summed E-state index contributed by atoms with van der Waals surface area (Å²) in [6, 6.07) is 4.46. The van der Waals surface area contributed by atoms with Crippen molar-refractivity contribution in [3.8, 4) is 0 Å². The first-order chi connectivity index (χ1) is 8.13. The number of ether oxygens (including phenoxy) is 1. The molecule has 4 nitrogen and oxygen atoms in total. The number of methoxy groups -OCH3 is 1. The van der Waals surface area contributed by atoms with E-state index in [-0.39, 0.29) is 5.82 Å². The van der Waals surface area contributed by atoms with Gasteiger partial charge in [-0.15, -0.1) is 0 Å². The van der Waals surface area contributed by atoms with Crippen LogP contribution in [0, 0.1) is 5.82 Å². The van der Waals surface area contributed by atoms with Gasteiger partial charge in [0.05, 0.1) is 13.2 Å². The highest BCUT2D eigenvalue weighted by Crippen LogP contribution is 2.18. The number of aliphatic imine (C=N–C) groups is 1. The van der Waals surface area contributed by atoms with E-state index >= 15 is 0 Å². The monoisotopic (exact) mass is 303 g/mol. The van der Waals surface area contributed by atoms with Gasteiger partial charge in [0.1, 0.15) is 5.82 Å². The molecule has 0 aliphatic heterocycles. The molecular formula is C11H15BrFN3O. The summed E-state index contributed by atoms with van der Waals surface area (Å²) >= 11 is 3.33. The first-order valence-electron chi connectivity index (χ1n) is 5.10. The molecule has 0 fully saturated rings. The Bertz CT molecular complexity index is 398. The Balaban J connectivity index is 2.53. The zero-order chi connectivity index (χ0) is 12.7. The molecule has 0 amide bonds. The fraction of sp³-hybridized carbons (Fsp3) is 0.364. The van der Waals surface area contributed by atoms with Gasteiger partial charge in [-0.3, -0.25) is 0 Å². The maximum atomic E-state index is 13.0. The predicted molar refractivity (Wildman–Crippen MR) is 69.3 cm³/mol. The van der Waals surface area contributed by atoms with Crippen LogP contribution in [0.4, 0.5) is 4.39 Å². The summed E-state index contributed by atoms with van der Waals surface area (Å²) in [5, 5.41) is 2.88. The lowest BCUT2D eigenvalue weighted by Gasteiger charge is -2.05. The van der Waals surface area contributed by atoms with Crippen LogP contribution in [-0.2, 0) is 11.3 Å². The summed E-state index contributed by atoms with van der Waals surface area (Å²) in [5.41, 5.74) is 6.38. The highest BCUT2D eigenvalue weighted by molar-refractivity contribution is 9.10. The van der Waals surface area contributed by atoms with Crippen molar-refractivity contribution in [2.75, 3.05) is 20.3 Å². The first-order valence-corrected chi connectivity index (χ1v) is 5.89. The van der Waals surface area contributed by atoms with E-state index < -0.39 is 0 Å². The summed E-state index contributed by atoms with van der Waals surface area (Å²) in [7, 11) is 1.61. The largest absolute Gasteiger partial charge is 0.383 e. The van der Waals surface area contributed by atoms with Crippen molar-refractivity contribution in [1.29, 1.82) is 0 Å². The summed E-state index contributed by atoms with van der Waals surface area (Å²) in [5.74, 6) is 0.0301. The predicted octanol–water partition coefficient (Wildman–Crippen LogP) is 1.64. The SMILES string of the molecule is COCCNC(N)=NCc1cc(F)ccc1Br. The van der Waals surface area contributed by atoms with Crippen LogP contribution in [-0.4, -0.2) is 26.2 Å². The maximum absolute atomic E-state index is 13.0. The van der Waals surface area contributed by atoms with Crippen LogP contribution in [0.1, 0.15) is 5.56 Å². The molecule has 0 saturated carbocycles. The number of rotatable bonds is 5. The van der Waals surface area contributed by atoms with Crippen molar-refractivity contribution < 1.29 is 9.13 Å². The number of hydrogen-bond acceptors (Lipinski definition) is 2. The molecule has 0 unspecified atom stereocenters. The van der Waals surface area contributed by atoms with Gasteiger partial charge in [-0.2, -0.15) is 0 Å². The Morgan fingerprint density at radius 2 is 2.35 bits per heavy atom. The lowest BCUT2D eigenvalue weighted by atomic mass is 10.2. The van der Waals surface area contributed by atoms with E-state index in [1.165, 1.54) is 12.1 Å². The second-order valence-electron chi connectivity index (χ2n) is 3.36. The number of nitrogens with two attached hydrogens (primary N) is 1. The topological polar surface area (TPSA) is 59.6 Å². The number of hydrogen-bond donors (Lipinski definition) is 2. The molecule has 6 heteroatoms. The van der Waals surface area contributed by atoms with Gasteiger partial charge in [0.2, 0.25) is 0 Å². The van der Waals surface area contributed by atoms with Crippen LogP contribution in [0.25, 0.3) is 0 Å². The highest BCUT2D eigenvalue weighted by atomic mass is 79.9. The van der Waals surface area contributed by atoms with E-state index in [0.29, 0.717) is 25.7 Å². The van der Waals surface area contributed by atoms with Crippen LogP contribution in [0.2, 0.25) is 0 Å².